The number of carbonyl (C=O) groups is 1. The molecule has 1 atom stereocenters. The number of halogens is 3. The van der Waals surface area contributed by atoms with E-state index in [0.717, 1.165) is 10.6 Å². The Labute approximate surface area is 177 Å². The Morgan fingerprint density at radius 3 is 2.58 bits per heavy atom. The number of hydrogen-bond acceptors (Lipinski definition) is 5. The molecule has 1 saturated heterocycles. The van der Waals surface area contributed by atoms with Gasteiger partial charge in [-0.15, -0.1) is 0 Å². The molecule has 1 aliphatic rings. The summed E-state index contributed by atoms with van der Waals surface area (Å²) in [6.45, 7) is 6.46. The molecule has 4 rings (SSSR count). The zero-order valence-corrected chi connectivity index (χ0v) is 17.5. The van der Waals surface area contributed by atoms with Gasteiger partial charge in [-0.25, -0.2) is 14.5 Å². The molecule has 1 unspecified atom stereocenters. The van der Waals surface area contributed by atoms with Gasteiger partial charge in [-0.1, -0.05) is 20.8 Å². The molecule has 0 aromatic carbocycles. The number of rotatable bonds is 2. The molecular weight excluding hydrogens is 409 g/mol. The predicted octanol–water partition coefficient (Wildman–Crippen LogP) is 3.86. The molecule has 4 heterocycles. The summed E-state index contributed by atoms with van der Waals surface area (Å²) in [5.74, 6) is -0.595. The van der Waals surface area contributed by atoms with Crippen molar-refractivity contribution < 1.29 is 18.0 Å². The van der Waals surface area contributed by atoms with Crippen LogP contribution in [0, 0.1) is 0 Å². The third-order valence-electron chi connectivity index (χ3n) is 5.42. The van der Waals surface area contributed by atoms with Crippen molar-refractivity contribution in [2.45, 2.75) is 51.1 Å². The van der Waals surface area contributed by atoms with E-state index in [1.54, 1.807) is 11.0 Å². The number of fused-ring (bicyclic) bond motifs is 1. The Bertz CT molecular complexity index is 1100. The predicted molar refractivity (Wildman–Crippen MR) is 107 cm³/mol. The average molecular weight is 432 g/mol. The van der Waals surface area contributed by atoms with Gasteiger partial charge in [0.2, 0.25) is 0 Å². The highest BCUT2D eigenvalue weighted by molar-refractivity contribution is 5.92. The number of piperidine rings is 1. The zero-order valence-electron chi connectivity index (χ0n) is 17.5. The molecule has 3 aromatic rings. The first-order valence-corrected chi connectivity index (χ1v) is 10.1. The minimum Gasteiger partial charge on any atom is -0.337 e. The van der Waals surface area contributed by atoms with E-state index in [1.165, 1.54) is 18.6 Å². The summed E-state index contributed by atoms with van der Waals surface area (Å²) in [5, 5.41) is 4.17. The second kappa shape index (κ2) is 7.58. The third-order valence-corrected chi connectivity index (χ3v) is 5.42. The average Bonchev–Trinajstić information content (AvgIpc) is 3.17. The Morgan fingerprint density at radius 1 is 1.16 bits per heavy atom. The number of amides is 1. The molecule has 164 valence electrons. The van der Waals surface area contributed by atoms with E-state index in [0.29, 0.717) is 30.8 Å². The fraction of sp³-hybridized carbons (Fsp3) is 0.476. The molecule has 0 saturated carbocycles. The maximum atomic E-state index is 13.8. The van der Waals surface area contributed by atoms with Crippen molar-refractivity contribution in [2.24, 2.45) is 0 Å². The van der Waals surface area contributed by atoms with Gasteiger partial charge in [-0.05, 0) is 18.9 Å². The van der Waals surface area contributed by atoms with Crippen LogP contribution < -0.4 is 0 Å². The fourth-order valence-electron chi connectivity index (χ4n) is 3.75. The van der Waals surface area contributed by atoms with Gasteiger partial charge in [0.1, 0.15) is 11.4 Å². The van der Waals surface area contributed by atoms with Crippen LogP contribution in [0.5, 0.6) is 0 Å². The largest absolute Gasteiger partial charge is 0.433 e. The number of carbonyl (C=O) groups excluding carboxylic acids is 1. The summed E-state index contributed by atoms with van der Waals surface area (Å²) in [6.07, 6.45) is 1.03. The Balaban J connectivity index is 1.71. The summed E-state index contributed by atoms with van der Waals surface area (Å²) < 4.78 is 42.4. The van der Waals surface area contributed by atoms with E-state index in [9.17, 15) is 18.0 Å². The van der Waals surface area contributed by atoms with E-state index in [-0.39, 0.29) is 29.7 Å². The molecule has 7 nitrogen and oxygen atoms in total. The molecular formula is C21H23F3N6O. The molecule has 0 N–H and O–H groups in total. The van der Waals surface area contributed by atoms with Crippen molar-refractivity contribution in [3.63, 3.8) is 0 Å². The SMILES string of the molecule is CC(C)(C)c1cc2nc(C3CCCN(C(=O)c4cnccn4)C3)cc(C(F)(F)F)n2n1. The van der Waals surface area contributed by atoms with Crippen molar-refractivity contribution in [2.75, 3.05) is 13.1 Å². The minimum absolute atomic E-state index is 0.159. The molecule has 0 aliphatic carbocycles. The number of nitrogens with zero attached hydrogens (tertiary/aromatic N) is 6. The van der Waals surface area contributed by atoms with Crippen LogP contribution in [0.15, 0.2) is 30.7 Å². The summed E-state index contributed by atoms with van der Waals surface area (Å²) in [5.41, 5.74) is -0.0511. The van der Waals surface area contributed by atoms with E-state index in [2.05, 4.69) is 20.1 Å². The summed E-state index contributed by atoms with van der Waals surface area (Å²) >= 11 is 0. The molecule has 1 aliphatic heterocycles. The molecule has 1 fully saturated rings. The van der Waals surface area contributed by atoms with Gasteiger partial charge in [0.05, 0.1) is 11.9 Å². The maximum absolute atomic E-state index is 13.8. The Kier molecular flexibility index (Phi) is 5.18. The highest BCUT2D eigenvalue weighted by Gasteiger charge is 2.37. The zero-order chi connectivity index (χ0) is 22.4. The van der Waals surface area contributed by atoms with E-state index in [4.69, 9.17) is 0 Å². The van der Waals surface area contributed by atoms with E-state index >= 15 is 0 Å². The summed E-state index contributed by atoms with van der Waals surface area (Å²) in [6, 6.07) is 2.66. The van der Waals surface area contributed by atoms with Crippen molar-refractivity contribution >= 4 is 11.6 Å². The standard InChI is InChI=1S/C21H23F3N6O/c1-20(2,3)16-10-18-27-14(9-17(21(22,23)24)30(18)28-16)13-5-4-8-29(12-13)19(31)15-11-25-6-7-26-15/h6-7,9-11,13H,4-5,8,12H2,1-3H3. The first-order chi connectivity index (χ1) is 14.5. The molecule has 0 spiro atoms. The van der Waals surface area contributed by atoms with Crippen LogP contribution in [0.3, 0.4) is 0 Å². The molecule has 0 radical (unpaired) electrons. The molecule has 0 bridgehead atoms. The molecule has 10 heteroatoms. The van der Waals surface area contributed by atoms with Gasteiger partial charge in [0, 0.05) is 48.6 Å². The smallest absolute Gasteiger partial charge is 0.337 e. The topological polar surface area (TPSA) is 76.3 Å². The first-order valence-electron chi connectivity index (χ1n) is 10.1. The number of alkyl halides is 3. The van der Waals surface area contributed by atoms with Gasteiger partial charge < -0.3 is 4.90 Å². The van der Waals surface area contributed by atoms with Crippen LogP contribution in [-0.2, 0) is 11.6 Å². The van der Waals surface area contributed by atoms with Crippen LogP contribution in [0.1, 0.15) is 67.1 Å². The second-order valence-corrected chi connectivity index (χ2v) is 8.79. The van der Waals surface area contributed by atoms with Crippen LogP contribution in [-0.4, -0.2) is 48.5 Å². The van der Waals surface area contributed by atoms with Gasteiger partial charge in [-0.2, -0.15) is 18.3 Å². The lowest BCUT2D eigenvalue weighted by molar-refractivity contribution is -0.142. The van der Waals surface area contributed by atoms with Crippen LogP contribution in [0.4, 0.5) is 13.2 Å². The van der Waals surface area contributed by atoms with E-state index in [1.807, 2.05) is 20.8 Å². The van der Waals surface area contributed by atoms with Crippen LogP contribution in [0.2, 0.25) is 0 Å². The van der Waals surface area contributed by atoms with Crippen molar-refractivity contribution in [3.8, 4) is 0 Å². The second-order valence-electron chi connectivity index (χ2n) is 8.79. The summed E-state index contributed by atoms with van der Waals surface area (Å²) in [4.78, 5) is 26.8. The highest BCUT2D eigenvalue weighted by atomic mass is 19.4. The van der Waals surface area contributed by atoms with Crippen molar-refractivity contribution in [1.29, 1.82) is 0 Å². The van der Waals surface area contributed by atoms with Crippen molar-refractivity contribution in [1.82, 2.24) is 29.5 Å². The van der Waals surface area contributed by atoms with Crippen LogP contribution in [0.25, 0.3) is 5.65 Å². The lowest BCUT2D eigenvalue weighted by atomic mass is 9.92. The molecule has 3 aromatic heterocycles. The molecule has 1 amide bonds. The Hall–Kier alpha value is -3.04. The summed E-state index contributed by atoms with van der Waals surface area (Å²) in [7, 11) is 0. The van der Waals surface area contributed by atoms with Gasteiger partial charge in [0.25, 0.3) is 5.91 Å². The van der Waals surface area contributed by atoms with Crippen molar-refractivity contribution in [3.05, 3.63) is 53.5 Å². The van der Waals surface area contributed by atoms with E-state index < -0.39 is 17.3 Å². The normalized spacial score (nSPS) is 17.9. The van der Waals surface area contributed by atoms with Crippen LogP contribution >= 0.6 is 0 Å². The van der Waals surface area contributed by atoms with Gasteiger partial charge in [0.15, 0.2) is 5.65 Å². The third kappa shape index (κ3) is 4.24. The number of likely N-dealkylation sites (tertiary alicyclic amines) is 1. The van der Waals surface area contributed by atoms with Gasteiger partial charge >= 0.3 is 6.18 Å². The number of hydrogen-bond donors (Lipinski definition) is 0. The Morgan fingerprint density at radius 2 is 1.94 bits per heavy atom. The lowest BCUT2D eigenvalue weighted by Crippen LogP contribution is -2.39. The highest BCUT2D eigenvalue weighted by Crippen LogP contribution is 2.34. The lowest BCUT2D eigenvalue weighted by Gasteiger charge is -2.32. The minimum atomic E-state index is -4.58. The quantitative estimate of drug-likeness (QED) is 0.615. The monoisotopic (exact) mass is 432 g/mol. The first kappa shape index (κ1) is 21.2. The maximum Gasteiger partial charge on any atom is 0.433 e. The molecule has 31 heavy (non-hydrogen) atoms. The van der Waals surface area contributed by atoms with Gasteiger partial charge in [-0.3, -0.25) is 9.78 Å². The fourth-order valence-corrected chi connectivity index (χ4v) is 3.75. The number of aromatic nitrogens is 5.